The monoisotopic (exact) mass is 482 g/mol. The topological polar surface area (TPSA) is 52.6 Å². The number of allylic oxidation sites excluding steroid dienone is 10. The summed E-state index contributed by atoms with van der Waals surface area (Å²) in [4.78, 5) is 25.3. The third kappa shape index (κ3) is 15.6. The van der Waals surface area contributed by atoms with Crippen LogP contribution in [0.25, 0.3) is 0 Å². The predicted octanol–water partition coefficient (Wildman–Crippen LogP) is 8.01. The van der Waals surface area contributed by atoms with Gasteiger partial charge in [0, 0.05) is 0 Å². The van der Waals surface area contributed by atoms with Crippen LogP contribution < -0.4 is 0 Å². The number of carbonyl (C=O) groups is 2. The highest BCUT2D eigenvalue weighted by molar-refractivity contribution is 5.80. The van der Waals surface area contributed by atoms with Gasteiger partial charge in [0.1, 0.15) is 12.2 Å². The Morgan fingerprint density at radius 2 is 1.71 bits per heavy atom. The molecule has 0 spiro atoms. The first kappa shape index (κ1) is 32.1. The minimum absolute atomic E-state index is 0.0137. The van der Waals surface area contributed by atoms with Gasteiger partial charge in [-0.1, -0.05) is 80.8 Å². The average Bonchev–Trinajstić information content (AvgIpc) is 2.80. The molecule has 0 amide bonds. The van der Waals surface area contributed by atoms with E-state index in [0.29, 0.717) is 18.8 Å². The summed E-state index contributed by atoms with van der Waals surface area (Å²) in [5.41, 5.74) is 1.39. The minimum atomic E-state index is -0.608. The van der Waals surface area contributed by atoms with Gasteiger partial charge in [-0.15, -0.1) is 0 Å². The lowest BCUT2D eigenvalue weighted by atomic mass is 9.91. The summed E-state index contributed by atoms with van der Waals surface area (Å²) in [5, 5.41) is 0. The number of rotatable bonds is 16. The Hall–Kier alpha value is -2.88. The van der Waals surface area contributed by atoms with E-state index in [2.05, 4.69) is 44.4 Å². The Kier molecular flexibility index (Phi) is 16.9. The average molecular weight is 483 g/mol. The van der Waals surface area contributed by atoms with Crippen LogP contribution in [0.4, 0.5) is 0 Å². The van der Waals surface area contributed by atoms with Crippen molar-refractivity contribution in [2.24, 2.45) is 11.8 Å². The SMILES string of the molecule is C=C/C=C(\C=C/CCC(CC(=O)OC(C)(C)C)C(=O)OC/C(C=C)=C/C=C\C)C(CC)C/C=C\C. The van der Waals surface area contributed by atoms with Gasteiger partial charge in [-0.05, 0) is 77.4 Å². The van der Waals surface area contributed by atoms with Crippen molar-refractivity contribution in [1.29, 1.82) is 0 Å². The van der Waals surface area contributed by atoms with Crippen LogP contribution >= 0.6 is 0 Å². The van der Waals surface area contributed by atoms with E-state index in [0.717, 1.165) is 18.4 Å². The molecule has 4 heteroatoms. The number of hydrogen-bond acceptors (Lipinski definition) is 4. The molecule has 194 valence electrons. The van der Waals surface area contributed by atoms with Gasteiger partial charge in [-0.25, -0.2) is 0 Å². The van der Waals surface area contributed by atoms with Crippen LogP contribution in [0, 0.1) is 11.8 Å². The van der Waals surface area contributed by atoms with Crippen molar-refractivity contribution in [3.8, 4) is 0 Å². The van der Waals surface area contributed by atoms with Crippen molar-refractivity contribution in [2.45, 2.75) is 79.2 Å². The van der Waals surface area contributed by atoms with Crippen LogP contribution in [0.15, 0.2) is 85.1 Å². The van der Waals surface area contributed by atoms with Gasteiger partial charge >= 0.3 is 11.9 Å². The first-order chi connectivity index (χ1) is 16.6. The molecule has 0 aromatic carbocycles. The summed E-state index contributed by atoms with van der Waals surface area (Å²) < 4.78 is 11.0. The summed E-state index contributed by atoms with van der Waals surface area (Å²) in [6.07, 6.45) is 22.6. The van der Waals surface area contributed by atoms with Crippen LogP contribution in [0.2, 0.25) is 0 Å². The first-order valence-corrected chi connectivity index (χ1v) is 12.5. The molecule has 0 fully saturated rings. The van der Waals surface area contributed by atoms with Crippen molar-refractivity contribution in [3.05, 3.63) is 85.1 Å². The van der Waals surface area contributed by atoms with E-state index in [1.807, 2.05) is 58.9 Å². The highest BCUT2D eigenvalue weighted by Crippen LogP contribution is 2.23. The van der Waals surface area contributed by atoms with E-state index in [1.165, 1.54) is 5.57 Å². The van der Waals surface area contributed by atoms with Crippen LogP contribution in [0.1, 0.15) is 73.6 Å². The standard InChI is InChI=1S/C31H46O4/c1-9-14-19-25(12-4)24-34-30(33)28(23-29(32)35-31(6,7)8)22-17-16-21-27(18-11-3)26(13-5)20-15-10-2/h9-12,14-16,18-19,21,26,28H,3-4,13,17,20,22-24H2,1-2,5-8H3/b14-9-,15-10-,21-16-,25-19+,27-18+. The molecule has 0 heterocycles. The fourth-order valence-corrected chi connectivity index (χ4v) is 3.37. The lowest BCUT2D eigenvalue weighted by Crippen LogP contribution is -2.28. The molecule has 4 nitrogen and oxygen atoms in total. The Morgan fingerprint density at radius 3 is 2.26 bits per heavy atom. The van der Waals surface area contributed by atoms with Gasteiger partial charge < -0.3 is 9.47 Å². The van der Waals surface area contributed by atoms with E-state index in [-0.39, 0.29) is 13.0 Å². The maximum absolute atomic E-state index is 12.9. The molecule has 0 bridgehead atoms. The maximum Gasteiger partial charge on any atom is 0.309 e. The second-order valence-electron chi connectivity index (χ2n) is 9.36. The van der Waals surface area contributed by atoms with Crippen molar-refractivity contribution < 1.29 is 19.1 Å². The van der Waals surface area contributed by atoms with Crippen molar-refractivity contribution in [3.63, 3.8) is 0 Å². The molecule has 0 rings (SSSR count). The molecule has 2 unspecified atom stereocenters. The normalized spacial score (nSPS) is 14.9. The Balaban J connectivity index is 5.40. The summed E-state index contributed by atoms with van der Waals surface area (Å²) in [5.74, 6) is -0.983. The third-order valence-corrected chi connectivity index (χ3v) is 5.24. The van der Waals surface area contributed by atoms with Crippen molar-refractivity contribution >= 4 is 11.9 Å². The molecule has 0 aliphatic rings. The number of carbonyl (C=O) groups excluding carboxylic acids is 2. The summed E-state index contributed by atoms with van der Waals surface area (Å²) in [6.45, 7) is 19.3. The predicted molar refractivity (Wildman–Crippen MR) is 148 cm³/mol. The summed E-state index contributed by atoms with van der Waals surface area (Å²) in [6, 6.07) is 0. The molecule has 0 saturated carbocycles. The third-order valence-electron chi connectivity index (χ3n) is 5.24. The Labute approximate surface area is 213 Å². The zero-order valence-electron chi connectivity index (χ0n) is 22.7. The molecule has 0 aliphatic carbocycles. The highest BCUT2D eigenvalue weighted by Gasteiger charge is 2.26. The van der Waals surface area contributed by atoms with Crippen LogP contribution in [0.3, 0.4) is 0 Å². The van der Waals surface area contributed by atoms with Gasteiger partial charge in [-0.2, -0.15) is 0 Å². The van der Waals surface area contributed by atoms with Gasteiger partial charge in [0.15, 0.2) is 0 Å². The lowest BCUT2D eigenvalue weighted by Gasteiger charge is -2.21. The zero-order chi connectivity index (χ0) is 26.7. The van der Waals surface area contributed by atoms with Crippen molar-refractivity contribution in [1.82, 2.24) is 0 Å². The molecule has 0 aromatic heterocycles. The smallest absolute Gasteiger partial charge is 0.309 e. The van der Waals surface area contributed by atoms with Crippen molar-refractivity contribution in [2.75, 3.05) is 6.61 Å². The fraction of sp³-hybridized carbons (Fsp3) is 0.484. The van der Waals surface area contributed by atoms with Gasteiger partial charge in [0.05, 0.1) is 12.3 Å². The quantitative estimate of drug-likeness (QED) is 0.127. The molecular formula is C31H46O4. The fourth-order valence-electron chi connectivity index (χ4n) is 3.37. The summed E-state index contributed by atoms with van der Waals surface area (Å²) >= 11 is 0. The second-order valence-corrected chi connectivity index (χ2v) is 9.36. The first-order valence-electron chi connectivity index (χ1n) is 12.5. The molecular weight excluding hydrogens is 436 g/mol. The highest BCUT2D eigenvalue weighted by atomic mass is 16.6. The Bertz CT molecular complexity index is 815. The van der Waals surface area contributed by atoms with Gasteiger partial charge in [0.2, 0.25) is 0 Å². The molecule has 2 atom stereocenters. The number of hydrogen-bond donors (Lipinski definition) is 0. The van der Waals surface area contributed by atoms with E-state index in [1.54, 1.807) is 12.2 Å². The van der Waals surface area contributed by atoms with Crippen LogP contribution in [-0.4, -0.2) is 24.1 Å². The van der Waals surface area contributed by atoms with Gasteiger partial charge in [-0.3, -0.25) is 9.59 Å². The molecule has 0 saturated heterocycles. The van der Waals surface area contributed by atoms with Crippen LogP contribution in [0.5, 0.6) is 0 Å². The van der Waals surface area contributed by atoms with E-state index >= 15 is 0 Å². The maximum atomic E-state index is 12.9. The zero-order valence-corrected chi connectivity index (χ0v) is 22.7. The van der Waals surface area contributed by atoms with Crippen LogP contribution in [-0.2, 0) is 19.1 Å². The summed E-state index contributed by atoms with van der Waals surface area (Å²) in [7, 11) is 0. The molecule has 0 radical (unpaired) electrons. The Morgan fingerprint density at radius 1 is 1.00 bits per heavy atom. The largest absolute Gasteiger partial charge is 0.461 e. The van der Waals surface area contributed by atoms with Gasteiger partial charge in [0.25, 0.3) is 0 Å². The molecule has 0 aliphatic heterocycles. The molecule has 0 N–H and O–H groups in total. The van der Waals surface area contributed by atoms with E-state index < -0.39 is 23.5 Å². The molecule has 35 heavy (non-hydrogen) atoms. The second kappa shape index (κ2) is 18.4. The minimum Gasteiger partial charge on any atom is -0.461 e. The number of ether oxygens (including phenoxy) is 2. The number of esters is 2. The lowest BCUT2D eigenvalue weighted by molar-refractivity contribution is -0.161. The van der Waals surface area contributed by atoms with E-state index in [9.17, 15) is 9.59 Å². The van der Waals surface area contributed by atoms with E-state index in [4.69, 9.17) is 9.47 Å². The molecule has 0 aromatic rings.